The average Bonchev–Trinajstić information content (AvgIpc) is 3.59. The van der Waals surface area contributed by atoms with Crippen molar-refractivity contribution in [1.29, 1.82) is 0 Å². The van der Waals surface area contributed by atoms with Gasteiger partial charge in [0.2, 0.25) is 11.8 Å². The van der Waals surface area contributed by atoms with E-state index in [1.807, 2.05) is 31.2 Å². The number of likely N-dealkylation sites (tertiary alicyclic amines) is 1. The van der Waals surface area contributed by atoms with Crippen LogP contribution in [-0.4, -0.2) is 52.7 Å². The molecule has 1 N–H and O–H groups in total. The molecule has 2 fully saturated rings. The summed E-state index contributed by atoms with van der Waals surface area (Å²) in [6.45, 7) is 2.13. The van der Waals surface area contributed by atoms with Gasteiger partial charge in [-0.25, -0.2) is 4.79 Å². The van der Waals surface area contributed by atoms with Crippen LogP contribution in [0.4, 0.5) is 4.79 Å². The quantitative estimate of drug-likeness (QED) is 0.480. The van der Waals surface area contributed by atoms with E-state index in [-0.39, 0.29) is 18.6 Å². The van der Waals surface area contributed by atoms with Crippen LogP contribution in [-0.2, 0) is 25.7 Å². The summed E-state index contributed by atoms with van der Waals surface area (Å²) in [5.41, 5.74) is 3.87. The minimum Gasteiger partial charge on any atom is -0.459 e. The van der Waals surface area contributed by atoms with Crippen LogP contribution in [0.2, 0.25) is 0 Å². The highest BCUT2D eigenvalue weighted by atomic mass is 16.5. The normalized spacial score (nSPS) is 25.9. The number of amides is 3. The Morgan fingerprint density at radius 2 is 2.06 bits per heavy atom. The van der Waals surface area contributed by atoms with Gasteiger partial charge in [0.1, 0.15) is 18.1 Å². The third-order valence-corrected chi connectivity index (χ3v) is 7.33. The van der Waals surface area contributed by atoms with Gasteiger partial charge in [0.05, 0.1) is 37.4 Å². The number of hydrogen-bond donors (Lipinski definition) is 1. The number of methoxy groups -OCH3 is 1. The molecule has 0 spiro atoms. The second kappa shape index (κ2) is 9.83. The lowest BCUT2D eigenvalue weighted by Gasteiger charge is -2.30. The molecule has 0 bridgehead atoms. The van der Waals surface area contributed by atoms with Gasteiger partial charge in [-0.05, 0) is 67.7 Å². The number of pyridine rings is 1. The first kappa shape index (κ1) is 24.1. The number of rotatable bonds is 6. The molecule has 0 aromatic carbocycles. The number of aromatic nitrogens is 1. The Hall–Kier alpha value is -3.56. The number of furan rings is 1. The van der Waals surface area contributed by atoms with Gasteiger partial charge in [0.15, 0.2) is 0 Å². The fraction of sp³-hybridized carbons (Fsp3) is 0.407. The molecule has 2 aliphatic heterocycles. The Morgan fingerprint density at radius 1 is 1.22 bits per heavy atom. The van der Waals surface area contributed by atoms with E-state index in [1.54, 1.807) is 18.3 Å². The summed E-state index contributed by atoms with van der Waals surface area (Å²) in [5.74, 6) is -1.28. The van der Waals surface area contributed by atoms with Crippen molar-refractivity contribution in [3.8, 4) is 0 Å². The summed E-state index contributed by atoms with van der Waals surface area (Å²) in [4.78, 5) is 43.1. The lowest BCUT2D eigenvalue weighted by Crippen LogP contribution is -2.37. The topological polar surface area (TPSA) is 119 Å². The summed E-state index contributed by atoms with van der Waals surface area (Å²) in [7, 11) is 1.16. The van der Waals surface area contributed by atoms with Crippen LogP contribution in [0.15, 0.2) is 52.1 Å². The molecule has 0 radical (unpaired) electrons. The number of allylic oxidation sites excluding steroid dienone is 2. The fourth-order valence-electron chi connectivity index (χ4n) is 5.74. The van der Waals surface area contributed by atoms with Crippen LogP contribution in [0.5, 0.6) is 0 Å². The molecule has 2 saturated heterocycles. The summed E-state index contributed by atoms with van der Waals surface area (Å²) in [6.07, 6.45) is 4.22. The van der Waals surface area contributed by atoms with Gasteiger partial charge in [-0.15, -0.1) is 0 Å². The summed E-state index contributed by atoms with van der Waals surface area (Å²) in [6, 6.07) is 9.24. The molecule has 36 heavy (non-hydrogen) atoms. The molecular weight excluding hydrogens is 464 g/mol. The van der Waals surface area contributed by atoms with E-state index < -0.39 is 29.7 Å². The smallest absolute Gasteiger partial charge is 0.423 e. The Morgan fingerprint density at radius 3 is 2.75 bits per heavy atom. The van der Waals surface area contributed by atoms with Gasteiger partial charge in [-0.2, -0.15) is 4.90 Å². The van der Waals surface area contributed by atoms with Crippen molar-refractivity contribution in [1.82, 2.24) is 9.88 Å². The number of fused-ring (bicyclic) bond motifs is 3. The Bertz CT molecular complexity index is 1250. The zero-order valence-electron chi connectivity index (χ0n) is 20.2. The van der Waals surface area contributed by atoms with E-state index in [0.29, 0.717) is 42.3 Å². The van der Waals surface area contributed by atoms with Crippen LogP contribution in [0.1, 0.15) is 43.4 Å². The maximum Gasteiger partial charge on any atom is 0.423 e. The summed E-state index contributed by atoms with van der Waals surface area (Å²) >= 11 is 0. The van der Waals surface area contributed by atoms with Crippen LogP contribution in [0, 0.1) is 17.8 Å². The van der Waals surface area contributed by atoms with Crippen molar-refractivity contribution >= 4 is 29.6 Å². The number of aliphatic hydroxyl groups excluding tert-OH is 1. The molecule has 9 heteroatoms. The van der Waals surface area contributed by atoms with Crippen LogP contribution >= 0.6 is 0 Å². The van der Waals surface area contributed by atoms with E-state index in [9.17, 15) is 19.5 Å². The van der Waals surface area contributed by atoms with E-state index >= 15 is 0 Å². The molecule has 4 heterocycles. The first-order valence-electron chi connectivity index (χ1n) is 12.0. The molecule has 188 valence electrons. The fourth-order valence-corrected chi connectivity index (χ4v) is 5.74. The van der Waals surface area contributed by atoms with Crippen molar-refractivity contribution in [3.05, 3.63) is 64.9 Å². The highest BCUT2D eigenvalue weighted by molar-refractivity contribution is 6.16. The third-order valence-electron chi connectivity index (χ3n) is 7.33. The molecule has 1 aliphatic carbocycles. The molecule has 4 atom stereocenters. The molecule has 0 saturated carbocycles. The molecule has 0 unspecified atom stereocenters. The number of carbonyl (C=O) groups excluding carboxylic acids is 3. The minimum atomic E-state index is -0.929. The summed E-state index contributed by atoms with van der Waals surface area (Å²) in [5, 5.41) is 9.32. The van der Waals surface area contributed by atoms with Crippen LogP contribution in [0.3, 0.4) is 0 Å². The van der Waals surface area contributed by atoms with Crippen molar-refractivity contribution in [2.45, 2.75) is 38.9 Å². The van der Waals surface area contributed by atoms with Gasteiger partial charge in [0, 0.05) is 12.1 Å². The molecule has 5 rings (SSSR count). The molecule has 3 aliphatic rings. The molecule has 2 aromatic rings. The molecule has 2 aromatic heterocycles. The maximum absolute atomic E-state index is 13.1. The molecule has 9 nitrogen and oxygen atoms in total. The predicted octanol–water partition coefficient (Wildman–Crippen LogP) is 3.59. The standard InChI is InChI=1S/C27H28N2O7/c1-15-11-19-24(26(32)29(25(19)31)27(33)34-2)20-14-35-22(23(15)20)9-6-16(21-5-3-4-10-28-21)12-17-7-8-18(13-30)36-17/h3-5,7-8,10,12,19-20,22,24,30H,6,9,11,13-14H2,1-2H3/b16-12-/t19-,20+,22-,24-/m1/s1. The number of hydrogen-bond acceptors (Lipinski definition) is 8. The first-order valence-corrected chi connectivity index (χ1v) is 12.0. The SMILES string of the molecule is COC(=O)N1C(=O)[C@@H]2[C@@H](CC(C)=C3[C@@H](CC/C(=C/c4ccc(CO)o4)c4ccccn4)OC[C@@H]32)C1=O. The molecule has 3 amide bonds. The van der Waals surface area contributed by atoms with Gasteiger partial charge < -0.3 is 19.0 Å². The average molecular weight is 493 g/mol. The monoisotopic (exact) mass is 492 g/mol. The van der Waals surface area contributed by atoms with Crippen molar-refractivity contribution in [3.63, 3.8) is 0 Å². The highest BCUT2D eigenvalue weighted by Gasteiger charge is 2.58. The highest BCUT2D eigenvalue weighted by Crippen LogP contribution is 2.50. The Labute approximate surface area is 208 Å². The zero-order chi connectivity index (χ0) is 25.4. The summed E-state index contributed by atoms with van der Waals surface area (Å²) < 4.78 is 16.5. The molecular formula is C27H28N2O7. The Kier molecular flexibility index (Phi) is 6.59. The third kappa shape index (κ3) is 4.18. The van der Waals surface area contributed by atoms with Gasteiger partial charge in [-0.3, -0.25) is 14.6 Å². The van der Waals surface area contributed by atoms with Crippen LogP contribution < -0.4 is 0 Å². The second-order valence-electron chi connectivity index (χ2n) is 9.37. The lowest BCUT2D eigenvalue weighted by atomic mass is 9.70. The largest absolute Gasteiger partial charge is 0.459 e. The number of aliphatic hydroxyl groups is 1. The minimum absolute atomic E-state index is 0.172. The van der Waals surface area contributed by atoms with E-state index in [1.165, 1.54) is 0 Å². The van der Waals surface area contributed by atoms with Gasteiger partial charge in [-0.1, -0.05) is 11.6 Å². The van der Waals surface area contributed by atoms with E-state index in [2.05, 4.69) is 9.72 Å². The number of nitrogens with zero attached hydrogens (tertiary/aromatic N) is 2. The van der Waals surface area contributed by atoms with E-state index in [0.717, 1.165) is 29.5 Å². The predicted molar refractivity (Wildman–Crippen MR) is 128 cm³/mol. The number of carbonyl (C=O) groups is 3. The number of ether oxygens (including phenoxy) is 2. The lowest BCUT2D eigenvalue weighted by molar-refractivity contribution is -0.137. The second-order valence-corrected chi connectivity index (χ2v) is 9.37. The maximum atomic E-state index is 13.1. The van der Waals surface area contributed by atoms with Crippen molar-refractivity contribution in [2.75, 3.05) is 13.7 Å². The van der Waals surface area contributed by atoms with Crippen LogP contribution in [0.25, 0.3) is 11.6 Å². The van der Waals surface area contributed by atoms with Gasteiger partial charge >= 0.3 is 6.09 Å². The number of imide groups is 3. The Balaban J connectivity index is 1.37. The first-order chi connectivity index (χ1) is 17.4. The van der Waals surface area contributed by atoms with Crippen molar-refractivity contribution in [2.24, 2.45) is 17.8 Å². The zero-order valence-corrected chi connectivity index (χ0v) is 20.2. The van der Waals surface area contributed by atoms with Crippen molar-refractivity contribution < 1.29 is 33.4 Å². The van der Waals surface area contributed by atoms with Gasteiger partial charge in [0.25, 0.3) is 0 Å². The van der Waals surface area contributed by atoms with E-state index in [4.69, 9.17) is 9.15 Å².